The van der Waals surface area contributed by atoms with Gasteiger partial charge in [-0.2, -0.15) is 0 Å². The first-order valence-electron chi connectivity index (χ1n) is 5.30. The monoisotopic (exact) mass is 278 g/mol. The SMILES string of the molecule is CC(C)(O)O[C@H](CCO)c1c(Cl)cccc1Cl. The quantitative estimate of drug-likeness (QED) is 0.814. The van der Waals surface area contributed by atoms with Crippen LogP contribution in [0.15, 0.2) is 18.2 Å². The summed E-state index contributed by atoms with van der Waals surface area (Å²) in [4.78, 5) is 0. The fraction of sp³-hybridized carbons (Fsp3) is 0.500. The van der Waals surface area contributed by atoms with E-state index in [0.29, 0.717) is 22.0 Å². The fourth-order valence-corrected chi connectivity index (χ4v) is 2.19. The van der Waals surface area contributed by atoms with Gasteiger partial charge in [0, 0.05) is 28.6 Å². The molecule has 0 fully saturated rings. The van der Waals surface area contributed by atoms with Gasteiger partial charge >= 0.3 is 0 Å². The molecule has 0 heterocycles. The Labute approximate surface area is 111 Å². The molecule has 0 aliphatic heterocycles. The Balaban J connectivity index is 3.05. The zero-order chi connectivity index (χ0) is 13.1. The van der Waals surface area contributed by atoms with Crippen molar-refractivity contribution in [3.05, 3.63) is 33.8 Å². The molecule has 0 aliphatic rings. The van der Waals surface area contributed by atoms with E-state index in [1.165, 1.54) is 13.8 Å². The van der Waals surface area contributed by atoms with Gasteiger partial charge in [0.15, 0.2) is 5.79 Å². The van der Waals surface area contributed by atoms with E-state index in [2.05, 4.69) is 0 Å². The molecule has 3 nitrogen and oxygen atoms in total. The van der Waals surface area contributed by atoms with Crippen LogP contribution in [0.5, 0.6) is 0 Å². The molecule has 0 saturated heterocycles. The zero-order valence-electron chi connectivity index (χ0n) is 9.78. The molecule has 0 bridgehead atoms. The number of hydrogen-bond donors (Lipinski definition) is 2. The van der Waals surface area contributed by atoms with Crippen molar-refractivity contribution in [3.63, 3.8) is 0 Å². The smallest absolute Gasteiger partial charge is 0.160 e. The summed E-state index contributed by atoms with van der Waals surface area (Å²) < 4.78 is 5.45. The molecule has 1 rings (SSSR count). The van der Waals surface area contributed by atoms with Crippen molar-refractivity contribution in [1.82, 2.24) is 0 Å². The summed E-state index contributed by atoms with van der Waals surface area (Å²) in [5.41, 5.74) is 0.590. The van der Waals surface area contributed by atoms with Crippen molar-refractivity contribution >= 4 is 23.2 Å². The number of ether oxygens (including phenoxy) is 1. The van der Waals surface area contributed by atoms with Crippen molar-refractivity contribution in [2.24, 2.45) is 0 Å². The Morgan fingerprint density at radius 3 is 2.24 bits per heavy atom. The van der Waals surface area contributed by atoms with E-state index in [9.17, 15) is 5.11 Å². The maximum absolute atomic E-state index is 9.67. The molecule has 1 aromatic rings. The van der Waals surface area contributed by atoms with Gasteiger partial charge in [-0.1, -0.05) is 29.3 Å². The molecule has 0 saturated carbocycles. The van der Waals surface area contributed by atoms with Gasteiger partial charge < -0.3 is 14.9 Å². The van der Waals surface area contributed by atoms with Gasteiger partial charge in [-0.15, -0.1) is 0 Å². The lowest BCUT2D eigenvalue weighted by molar-refractivity contribution is -0.210. The Hall–Kier alpha value is -0.320. The van der Waals surface area contributed by atoms with Gasteiger partial charge in [0.2, 0.25) is 0 Å². The maximum atomic E-state index is 9.67. The number of aliphatic hydroxyl groups excluding tert-OH is 1. The van der Waals surface area contributed by atoms with E-state index in [1.54, 1.807) is 18.2 Å². The average molecular weight is 279 g/mol. The highest BCUT2D eigenvalue weighted by atomic mass is 35.5. The summed E-state index contributed by atoms with van der Waals surface area (Å²) >= 11 is 12.1. The molecule has 0 aliphatic carbocycles. The summed E-state index contributed by atoms with van der Waals surface area (Å²) in [5.74, 6) is -1.32. The van der Waals surface area contributed by atoms with E-state index in [0.717, 1.165) is 0 Å². The van der Waals surface area contributed by atoms with Crippen LogP contribution in [0.4, 0.5) is 0 Å². The molecule has 0 amide bonds. The van der Waals surface area contributed by atoms with Crippen molar-refractivity contribution in [2.75, 3.05) is 6.61 Å². The van der Waals surface area contributed by atoms with E-state index in [1.807, 2.05) is 0 Å². The number of halogens is 2. The van der Waals surface area contributed by atoms with E-state index in [-0.39, 0.29) is 6.61 Å². The molecule has 2 N–H and O–H groups in total. The Morgan fingerprint density at radius 2 is 1.82 bits per heavy atom. The lowest BCUT2D eigenvalue weighted by Crippen LogP contribution is -2.26. The summed E-state index contributed by atoms with van der Waals surface area (Å²) in [5, 5.41) is 19.6. The van der Waals surface area contributed by atoms with Crippen molar-refractivity contribution < 1.29 is 14.9 Å². The number of rotatable bonds is 5. The predicted octanol–water partition coefficient (Wildman–Crippen LogP) is 3.16. The number of hydrogen-bond acceptors (Lipinski definition) is 3. The summed E-state index contributed by atoms with van der Waals surface area (Å²) in [6.45, 7) is 2.95. The number of aliphatic hydroxyl groups is 2. The molecule has 5 heteroatoms. The van der Waals surface area contributed by atoms with Crippen LogP contribution >= 0.6 is 23.2 Å². The van der Waals surface area contributed by atoms with E-state index >= 15 is 0 Å². The van der Waals surface area contributed by atoms with Gasteiger partial charge in [-0.3, -0.25) is 0 Å². The molecule has 96 valence electrons. The van der Waals surface area contributed by atoms with Gasteiger partial charge in [0.05, 0.1) is 6.10 Å². The molecular weight excluding hydrogens is 263 g/mol. The van der Waals surface area contributed by atoms with Crippen molar-refractivity contribution in [3.8, 4) is 0 Å². The minimum Gasteiger partial charge on any atom is -0.396 e. The highest BCUT2D eigenvalue weighted by Crippen LogP contribution is 2.35. The third kappa shape index (κ3) is 4.45. The molecule has 0 unspecified atom stereocenters. The Kier molecular flexibility index (Phi) is 5.22. The van der Waals surface area contributed by atoms with Crippen LogP contribution in [0.2, 0.25) is 10.0 Å². The molecule has 0 radical (unpaired) electrons. The zero-order valence-corrected chi connectivity index (χ0v) is 11.3. The molecule has 17 heavy (non-hydrogen) atoms. The lowest BCUT2D eigenvalue weighted by Gasteiger charge is -2.27. The summed E-state index contributed by atoms with van der Waals surface area (Å²) in [6.07, 6.45) is -0.228. The molecular formula is C12H16Cl2O3. The number of benzene rings is 1. The highest BCUT2D eigenvalue weighted by molar-refractivity contribution is 6.36. The second-order valence-corrected chi connectivity index (χ2v) is 5.02. The van der Waals surface area contributed by atoms with Gasteiger partial charge in [-0.05, 0) is 26.0 Å². The minimum absolute atomic E-state index is 0.0811. The van der Waals surface area contributed by atoms with Crippen molar-refractivity contribution in [1.29, 1.82) is 0 Å². The van der Waals surface area contributed by atoms with Gasteiger partial charge in [0.25, 0.3) is 0 Å². The van der Waals surface area contributed by atoms with Gasteiger partial charge in [0.1, 0.15) is 0 Å². The molecule has 0 spiro atoms. The first-order valence-corrected chi connectivity index (χ1v) is 6.05. The van der Waals surface area contributed by atoms with Crippen LogP contribution in [0.25, 0.3) is 0 Å². The molecule has 1 atom stereocenters. The summed E-state index contributed by atoms with van der Waals surface area (Å²) in [6, 6.07) is 5.12. The van der Waals surface area contributed by atoms with Crippen molar-refractivity contribution in [2.45, 2.75) is 32.2 Å². The lowest BCUT2D eigenvalue weighted by atomic mass is 10.1. The predicted molar refractivity (Wildman–Crippen MR) is 68.3 cm³/mol. The molecule has 1 aromatic carbocycles. The van der Waals surface area contributed by atoms with Crippen LogP contribution in [-0.2, 0) is 4.74 Å². The van der Waals surface area contributed by atoms with Crippen LogP contribution < -0.4 is 0 Å². The van der Waals surface area contributed by atoms with Crippen LogP contribution in [0.3, 0.4) is 0 Å². The fourth-order valence-electron chi connectivity index (χ4n) is 1.55. The maximum Gasteiger partial charge on any atom is 0.160 e. The second kappa shape index (κ2) is 6.03. The van der Waals surface area contributed by atoms with Crippen LogP contribution in [0, 0.1) is 0 Å². The van der Waals surface area contributed by atoms with E-state index < -0.39 is 11.9 Å². The third-order valence-corrected chi connectivity index (χ3v) is 2.80. The first kappa shape index (κ1) is 14.7. The highest BCUT2D eigenvalue weighted by Gasteiger charge is 2.25. The van der Waals surface area contributed by atoms with Crippen LogP contribution in [-0.4, -0.2) is 22.6 Å². The van der Waals surface area contributed by atoms with Gasteiger partial charge in [-0.25, -0.2) is 0 Å². The molecule has 0 aromatic heterocycles. The minimum atomic E-state index is -1.32. The standard InChI is InChI=1S/C12H16Cl2O3/c1-12(2,16)17-10(6-7-15)11-8(13)4-3-5-9(11)14/h3-5,10,15-16H,6-7H2,1-2H3/t10-/m1/s1. The third-order valence-electron chi connectivity index (χ3n) is 2.14. The normalized spacial score (nSPS) is 13.8. The topological polar surface area (TPSA) is 49.7 Å². The Bertz CT molecular complexity index is 354. The summed E-state index contributed by atoms with van der Waals surface area (Å²) in [7, 11) is 0. The Morgan fingerprint density at radius 1 is 1.29 bits per heavy atom. The van der Waals surface area contributed by atoms with E-state index in [4.69, 9.17) is 33.0 Å². The second-order valence-electron chi connectivity index (χ2n) is 4.20. The largest absolute Gasteiger partial charge is 0.396 e. The first-order chi connectivity index (χ1) is 7.85. The average Bonchev–Trinajstić information content (AvgIpc) is 2.15. The van der Waals surface area contributed by atoms with Crippen LogP contribution in [0.1, 0.15) is 31.9 Å².